The molecular formula is C13H14F3N3O. The minimum absolute atomic E-state index is 0.00530. The van der Waals surface area contributed by atoms with Crippen molar-refractivity contribution in [3.05, 3.63) is 23.4 Å². The molecule has 2 atom stereocenters. The molecule has 0 amide bonds. The predicted octanol–water partition coefficient (Wildman–Crippen LogP) is 2.18. The van der Waals surface area contributed by atoms with Crippen LogP contribution in [0.5, 0.6) is 0 Å². The molecule has 1 saturated heterocycles. The molecule has 20 heavy (non-hydrogen) atoms. The van der Waals surface area contributed by atoms with E-state index in [9.17, 15) is 18.3 Å². The van der Waals surface area contributed by atoms with Crippen molar-refractivity contribution >= 4 is 5.82 Å². The van der Waals surface area contributed by atoms with Gasteiger partial charge in [-0.05, 0) is 24.5 Å². The molecule has 1 aliphatic heterocycles. The molecule has 1 N–H and O–H groups in total. The fraction of sp³-hybridized carbons (Fsp3) is 0.538. The van der Waals surface area contributed by atoms with E-state index in [2.05, 4.69) is 4.98 Å². The van der Waals surface area contributed by atoms with E-state index in [0.29, 0.717) is 6.54 Å². The minimum atomic E-state index is -4.55. The number of nitrogens with zero attached hydrogens (tertiary/aromatic N) is 3. The van der Waals surface area contributed by atoms with Crippen LogP contribution < -0.4 is 4.90 Å². The largest absolute Gasteiger partial charge is 0.433 e. The molecule has 4 nitrogen and oxygen atoms in total. The second-order valence-corrected chi connectivity index (χ2v) is 4.89. The first-order valence-electron chi connectivity index (χ1n) is 6.24. The van der Waals surface area contributed by atoms with Crippen LogP contribution in [0.1, 0.15) is 24.6 Å². The number of hydrogen-bond acceptors (Lipinski definition) is 4. The summed E-state index contributed by atoms with van der Waals surface area (Å²) in [5.74, 6) is 0.147. The molecule has 7 heteroatoms. The van der Waals surface area contributed by atoms with Crippen LogP contribution >= 0.6 is 0 Å². The summed E-state index contributed by atoms with van der Waals surface area (Å²) < 4.78 is 38.2. The lowest BCUT2D eigenvalue weighted by Crippen LogP contribution is -2.36. The Kier molecular flexibility index (Phi) is 3.86. The highest BCUT2D eigenvalue weighted by molar-refractivity contribution is 5.56. The van der Waals surface area contributed by atoms with Gasteiger partial charge < -0.3 is 10.0 Å². The van der Waals surface area contributed by atoms with Crippen LogP contribution in [0.3, 0.4) is 0 Å². The number of halogens is 3. The summed E-state index contributed by atoms with van der Waals surface area (Å²) in [7, 11) is 0. The molecule has 0 saturated carbocycles. The molecule has 1 aromatic heterocycles. The quantitative estimate of drug-likeness (QED) is 0.904. The maximum atomic E-state index is 12.7. The second-order valence-electron chi connectivity index (χ2n) is 4.89. The molecule has 1 fully saturated rings. The number of nitriles is 1. The van der Waals surface area contributed by atoms with E-state index in [-0.39, 0.29) is 29.9 Å². The van der Waals surface area contributed by atoms with Crippen molar-refractivity contribution in [1.29, 1.82) is 5.26 Å². The van der Waals surface area contributed by atoms with Gasteiger partial charge in [-0.15, -0.1) is 0 Å². The van der Waals surface area contributed by atoms with Gasteiger partial charge in [-0.25, -0.2) is 4.98 Å². The van der Waals surface area contributed by atoms with E-state index in [1.54, 1.807) is 4.90 Å². The fourth-order valence-electron chi connectivity index (χ4n) is 2.46. The Morgan fingerprint density at radius 3 is 2.75 bits per heavy atom. The number of pyridine rings is 1. The molecule has 0 spiro atoms. The Balaban J connectivity index is 2.47. The second kappa shape index (κ2) is 5.29. The zero-order valence-corrected chi connectivity index (χ0v) is 10.9. The monoisotopic (exact) mass is 285 g/mol. The molecule has 2 unspecified atom stereocenters. The third-order valence-electron chi connectivity index (χ3n) is 3.63. The highest BCUT2D eigenvalue weighted by Crippen LogP contribution is 2.34. The molecule has 0 aliphatic carbocycles. The molecule has 0 aromatic carbocycles. The van der Waals surface area contributed by atoms with Crippen LogP contribution in [0.25, 0.3) is 0 Å². The summed E-state index contributed by atoms with van der Waals surface area (Å²) in [6, 6.07) is 3.48. The Bertz CT molecular complexity index is 539. The van der Waals surface area contributed by atoms with Crippen LogP contribution in [0, 0.1) is 17.2 Å². The van der Waals surface area contributed by atoms with Crippen molar-refractivity contribution in [3.8, 4) is 6.07 Å². The first kappa shape index (κ1) is 14.6. The lowest BCUT2D eigenvalue weighted by molar-refractivity contribution is -0.141. The first-order valence-corrected chi connectivity index (χ1v) is 6.24. The molecule has 0 bridgehead atoms. The van der Waals surface area contributed by atoms with Gasteiger partial charge in [0.15, 0.2) is 0 Å². The standard InChI is InChI=1S/C13H14F3N3O/c1-8-4-5-19(10(8)7-20)12-9(6-17)2-3-11(18-12)13(14,15)16/h2-3,8,10,20H,4-5,7H2,1H3. The van der Waals surface area contributed by atoms with Crippen molar-refractivity contribution < 1.29 is 18.3 Å². The number of aliphatic hydroxyl groups is 1. The third-order valence-corrected chi connectivity index (χ3v) is 3.63. The average molecular weight is 285 g/mol. The van der Waals surface area contributed by atoms with Gasteiger partial charge in [-0.3, -0.25) is 0 Å². The fourth-order valence-corrected chi connectivity index (χ4v) is 2.46. The molecule has 2 rings (SSSR count). The summed E-state index contributed by atoms with van der Waals surface area (Å²) >= 11 is 0. The molecule has 0 radical (unpaired) electrons. The highest BCUT2D eigenvalue weighted by Gasteiger charge is 2.36. The number of rotatable bonds is 2. The normalized spacial score (nSPS) is 22.9. The Hall–Kier alpha value is -1.81. The van der Waals surface area contributed by atoms with Gasteiger partial charge in [0.1, 0.15) is 17.6 Å². The van der Waals surface area contributed by atoms with Crippen molar-refractivity contribution in [2.45, 2.75) is 25.6 Å². The first-order chi connectivity index (χ1) is 9.38. The summed E-state index contributed by atoms with van der Waals surface area (Å²) in [6.45, 7) is 2.22. The summed E-state index contributed by atoms with van der Waals surface area (Å²) in [6.07, 6.45) is -3.81. The van der Waals surface area contributed by atoms with Crippen LogP contribution in [-0.4, -0.2) is 29.3 Å². The average Bonchev–Trinajstić information content (AvgIpc) is 2.77. The van der Waals surface area contributed by atoms with Gasteiger partial charge in [0.2, 0.25) is 0 Å². The van der Waals surface area contributed by atoms with E-state index < -0.39 is 11.9 Å². The van der Waals surface area contributed by atoms with E-state index in [1.807, 2.05) is 13.0 Å². The maximum Gasteiger partial charge on any atom is 0.433 e. The van der Waals surface area contributed by atoms with Gasteiger partial charge >= 0.3 is 6.18 Å². The van der Waals surface area contributed by atoms with Crippen molar-refractivity contribution in [2.75, 3.05) is 18.1 Å². The lowest BCUT2D eigenvalue weighted by atomic mass is 10.0. The summed E-state index contributed by atoms with van der Waals surface area (Å²) in [5, 5.41) is 18.4. The van der Waals surface area contributed by atoms with E-state index >= 15 is 0 Å². The SMILES string of the molecule is CC1CCN(c2nc(C(F)(F)F)ccc2C#N)C1CO. The third kappa shape index (κ3) is 2.56. The molecule has 1 aliphatic rings. The summed E-state index contributed by atoms with van der Waals surface area (Å²) in [4.78, 5) is 5.19. The van der Waals surface area contributed by atoms with E-state index in [1.165, 1.54) is 0 Å². The number of aliphatic hydroxyl groups excluding tert-OH is 1. The van der Waals surface area contributed by atoms with Crippen molar-refractivity contribution in [2.24, 2.45) is 5.92 Å². The lowest BCUT2D eigenvalue weighted by Gasteiger charge is -2.27. The molecule has 2 heterocycles. The van der Waals surface area contributed by atoms with Gasteiger partial charge in [0.05, 0.1) is 18.2 Å². The zero-order chi connectivity index (χ0) is 14.9. The Morgan fingerprint density at radius 2 is 2.20 bits per heavy atom. The van der Waals surface area contributed by atoms with Crippen molar-refractivity contribution in [1.82, 2.24) is 4.98 Å². The minimum Gasteiger partial charge on any atom is -0.394 e. The topological polar surface area (TPSA) is 60.2 Å². The van der Waals surface area contributed by atoms with Gasteiger partial charge in [-0.1, -0.05) is 6.92 Å². The van der Waals surface area contributed by atoms with E-state index in [4.69, 9.17) is 5.26 Å². The van der Waals surface area contributed by atoms with Gasteiger partial charge in [0.25, 0.3) is 0 Å². The number of alkyl halides is 3. The molecule has 1 aromatic rings. The number of hydrogen-bond donors (Lipinski definition) is 1. The van der Waals surface area contributed by atoms with E-state index in [0.717, 1.165) is 18.6 Å². The number of aromatic nitrogens is 1. The molecular weight excluding hydrogens is 271 g/mol. The smallest absolute Gasteiger partial charge is 0.394 e. The number of anilines is 1. The Morgan fingerprint density at radius 1 is 1.50 bits per heavy atom. The molecule has 108 valence electrons. The van der Waals surface area contributed by atoms with Crippen LogP contribution in [-0.2, 0) is 6.18 Å². The van der Waals surface area contributed by atoms with Gasteiger partial charge in [0, 0.05) is 6.54 Å². The van der Waals surface area contributed by atoms with Crippen LogP contribution in [0.4, 0.5) is 19.0 Å². The summed E-state index contributed by atoms with van der Waals surface area (Å²) in [5.41, 5.74) is -0.937. The zero-order valence-electron chi connectivity index (χ0n) is 10.9. The predicted molar refractivity (Wildman–Crippen MR) is 66.0 cm³/mol. The van der Waals surface area contributed by atoms with Crippen molar-refractivity contribution in [3.63, 3.8) is 0 Å². The van der Waals surface area contributed by atoms with Gasteiger partial charge in [-0.2, -0.15) is 18.4 Å². The van der Waals surface area contributed by atoms with Crippen LogP contribution in [0.2, 0.25) is 0 Å². The highest BCUT2D eigenvalue weighted by atomic mass is 19.4. The van der Waals surface area contributed by atoms with Crippen LogP contribution in [0.15, 0.2) is 12.1 Å². The maximum absolute atomic E-state index is 12.7. The Labute approximate surface area is 114 Å².